The third kappa shape index (κ3) is 3.01. The van der Waals surface area contributed by atoms with Crippen molar-refractivity contribution in [1.29, 1.82) is 0 Å². The number of anilines is 1. The van der Waals surface area contributed by atoms with Gasteiger partial charge in [0.25, 0.3) is 0 Å². The molecule has 2 aromatic rings. The Morgan fingerprint density at radius 1 is 1.28 bits per heavy atom. The van der Waals surface area contributed by atoms with Gasteiger partial charge < -0.3 is 11.1 Å². The first-order chi connectivity index (χ1) is 8.66. The van der Waals surface area contributed by atoms with Crippen molar-refractivity contribution in [2.75, 3.05) is 5.32 Å². The molecule has 5 heteroatoms. The van der Waals surface area contributed by atoms with E-state index in [0.29, 0.717) is 10.7 Å². The smallest absolute Gasteiger partial charge is 0.122 e. The Kier molecular flexibility index (Phi) is 3.84. The minimum absolute atomic E-state index is 0.186. The maximum absolute atomic E-state index is 5.50. The number of thiocarbonyl (C=S) groups is 1. The highest BCUT2D eigenvalue weighted by molar-refractivity contribution is 7.80. The Labute approximate surface area is 111 Å². The van der Waals surface area contributed by atoms with Crippen molar-refractivity contribution in [3.8, 4) is 0 Å². The highest BCUT2D eigenvalue weighted by Crippen LogP contribution is 2.17. The summed E-state index contributed by atoms with van der Waals surface area (Å²) in [4.78, 5) is 8.49. The van der Waals surface area contributed by atoms with Gasteiger partial charge in [0.1, 0.15) is 4.99 Å². The molecule has 2 heterocycles. The standard InChI is InChI=1S/C13H14N4S/c1-9(10-4-6-15-7-5-10)17-11-2-3-12(13(14)18)16-8-11/h2-9,17H,1H3,(H2,14,18). The molecule has 0 amide bonds. The molecule has 18 heavy (non-hydrogen) atoms. The lowest BCUT2D eigenvalue weighted by Gasteiger charge is -2.15. The zero-order chi connectivity index (χ0) is 13.0. The Bertz CT molecular complexity index is 524. The normalized spacial score (nSPS) is 11.8. The Morgan fingerprint density at radius 3 is 2.56 bits per heavy atom. The van der Waals surface area contributed by atoms with Crippen molar-refractivity contribution in [2.45, 2.75) is 13.0 Å². The van der Waals surface area contributed by atoms with Gasteiger partial charge in [-0.2, -0.15) is 0 Å². The zero-order valence-corrected chi connectivity index (χ0v) is 10.8. The van der Waals surface area contributed by atoms with E-state index in [4.69, 9.17) is 18.0 Å². The summed E-state index contributed by atoms with van der Waals surface area (Å²) in [6, 6.07) is 7.87. The van der Waals surface area contributed by atoms with Crippen LogP contribution in [0.25, 0.3) is 0 Å². The molecule has 0 saturated carbocycles. The van der Waals surface area contributed by atoms with Crippen molar-refractivity contribution >= 4 is 22.9 Å². The van der Waals surface area contributed by atoms with Gasteiger partial charge in [-0.15, -0.1) is 0 Å². The predicted octanol–water partition coefficient (Wildman–Crippen LogP) is 2.28. The second-order valence-corrected chi connectivity index (χ2v) is 4.38. The molecule has 0 aliphatic heterocycles. The molecule has 0 aliphatic carbocycles. The molecule has 2 aromatic heterocycles. The van der Waals surface area contributed by atoms with E-state index in [0.717, 1.165) is 5.69 Å². The number of nitrogens with one attached hydrogen (secondary N) is 1. The van der Waals surface area contributed by atoms with E-state index in [2.05, 4.69) is 22.2 Å². The van der Waals surface area contributed by atoms with Crippen molar-refractivity contribution in [2.24, 2.45) is 5.73 Å². The topological polar surface area (TPSA) is 63.8 Å². The fourth-order valence-corrected chi connectivity index (χ4v) is 1.73. The molecule has 0 saturated heterocycles. The largest absolute Gasteiger partial charge is 0.388 e. The maximum Gasteiger partial charge on any atom is 0.122 e. The van der Waals surface area contributed by atoms with Crippen LogP contribution in [0.3, 0.4) is 0 Å². The minimum atomic E-state index is 0.186. The van der Waals surface area contributed by atoms with Crippen molar-refractivity contribution in [1.82, 2.24) is 9.97 Å². The first kappa shape index (κ1) is 12.4. The lowest BCUT2D eigenvalue weighted by atomic mass is 10.1. The lowest BCUT2D eigenvalue weighted by Crippen LogP contribution is -2.12. The van der Waals surface area contributed by atoms with Gasteiger partial charge in [0.05, 0.1) is 17.6 Å². The van der Waals surface area contributed by atoms with Crippen LogP contribution in [0.15, 0.2) is 42.9 Å². The van der Waals surface area contributed by atoms with E-state index in [-0.39, 0.29) is 6.04 Å². The predicted molar refractivity (Wildman–Crippen MR) is 76.4 cm³/mol. The van der Waals surface area contributed by atoms with Gasteiger partial charge in [-0.05, 0) is 36.8 Å². The summed E-state index contributed by atoms with van der Waals surface area (Å²) in [5.41, 5.74) is 8.23. The van der Waals surface area contributed by atoms with Crippen molar-refractivity contribution < 1.29 is 0 Å². The highest BCUT2D eigenvalue weighted by Gasteiger charge is 2.05. The van der Waals surface area contributed by atoms with Gasteiger partial charge >= 0.3 is 0 Å². The second kappa shape index (κ2) is 5.55. The van der Waals surface area contributed by atoms with Crippen LogP contribution in [0.5, 0.6) is 0 Å². The molecule has 0 aliphatic rings. The van der Waals surface area contributed by atoms with Crippen LogP contribution in [0.2, 0.25) is 0 Å². The third-order valence-electron chi connectivity index (χ3n) is 2.61. The Hall–Kier alpha value is -2.01. The second-order valence-electron chi connectivity index (χ2n) is 3.94. The van der Waals surface area contributed by atoms with Crippen LogP contribution >= 0.6 is 12.2 Å². The highest BCUT2D eigenvalue weighted by atomic mass is 32.1. The molecule has 2 rings (SSSR count). The number of aromatic nitrogens is 2. The number of rotatable bonds is 4. The first-order valence-corrected chi connectivity index (χ1v) is 6.00. The van der Waals surface area contributed by atoms with Gasteiger partial charge in [0, 0.05) is 18.4 Å². The third-order valence-corrected chi connectivity index (χ3v) is 2.81. The summed E-state index contributed by atoms with van der Waals surface area (Å²) in [5.74, 6) is 0. The molecule has 0 spiro atoms. The Morgan fingerprint density at radius 2 is 2.00 bits per heavy atom. The maximum atomic E-state index is 5.50. The zero-order valence-electron chi connectivity index (χ0n) is 10.00. The van der Waals surface area contributed by atoms with E-state index in [1.165, 1.54) is 5.56 Å². The van der Waals surface area contributed by atoms with Crippen molar-refractivity contribution in [3.05, 3.63) is 54.1 Å². The monoisotopic (exact) mass is 258 g/mol. The van der Waals surface area contributed by atoms with Gasteiger partial charge in [0.2, 0.25) is 0 Å². The summed E-state index contributed by atoms with van der Waals surface area (Å²) in [6.07, 6.45) is 5.29. The van der Waals surface area contributed by atoms with Crippen LogP contribution in [-0.4, -0.2) is 15.0 Å². The summed E-state index contributed by atoms with van der Waals surface area (Å²) in [7, 11) is 0. The van der Waals surface area contributed by atoms with E-state index < -0.39 is 0 Å². The van der Waals surface area contributed by atoms with E-state index in [9.17, 15) is 0 Å². The van der Waals surface area contributed by atoms with Crippen LogP contribution in [0.4, 0.5) is 5.69 Å². The average molecular weight is 258 g/mol. The van der Waals surface area contributed by atoms with Crippen LogP contribution in [0.1, 0.15) is 24.2 Å². The van der Waals surface area contributed by atoms with Crippen LogP contribution in [0, 0.1) is 0 Å². The molecule has 92 valence electrons. The van der Waals surface area contributed by atoms with E-state index >= 15 is 0 Å². The molecule has 0 bridgehead atoms. The summed E-state index contributed by atoms with van der Waals surface area (Å²) in [5, 5.41) is 3.35. The molecule has 4 nitrogen and oxygen atoms in total. The molecular weight excluding hydrogens is 244 g/mol. The van der Waals surface area contributed by atoms with Crippen LogP contribution in [-0.2, 0) is 0 Å². The minimum Gasteiger partial charge on any atom is -0.388 e. The molecule has 1 atom stereocenters. The molecule has 1 unspecified atom stereocenters. The average Bonchev–Trinajstić information content (AvgIpc) is 2.40. The van der Waals surface area contributed by atoms with Gasteiger partial charge in [0.15, 0.2) is 0 Å². The number of pyridine rings is 2. The van der Waals surface area contributed by atoms with E-state index in [1.54, 1.807) is 18.6 Å². The first-order valence-electron chi connectivity index (χ1n) is 5.59. The van der Waals surface area contributed by atoms with Gasteiger partial charge in [-0.3, -0.25) is 9.97 Å². The summed E-state index contributed by atoms with van der Waals surface area (Å²) in [6.45, 7) is 2.08. The molecule has 0 fully saturated rings. The van der Waals surface area contributed by atoms with Gasteiger partial charge in [-0.1, -0.05) is 12.2 Å². The fourth-order valence-electron chi connectivity index (χ4n) is 1.61. The number of hydrogen-bond acceptors (Lipinski definition) is 4. The summed E-state index contributed by atoms with van der Waals surface area (Å²) < 4.78 is 0. The van der Waals surface area contributed by atoms with Crippen LogP contribution < -0.4 is 11.1 Å². The molecular formula is C13H14N4S. The fraction of sp³-hybridized carbons (Fsp3) is 0.154. The number of nitrogens with two attached hydrogens (primary N) is 1. The number of hydrogen-bond donors (Lipinski definition) is 2. The molecule has 0 radical (unpaired) electrons. The van der Waals surface area contributed by atoms with Gasteiger partial charge in [-0.25, -0.2) is 0 Å². The Balaban J connectivity index is 2.08. The number of nitrogens with zero attached hydrogens (tertiary/aromatic N) is 2. The molecule has 0 aromatic carbocycles. The SMILES string of the molecule is CC(Nc1ccc(C(N)=S)nc1)c1ccncc1. The van der Waals surface area contributed by atoms with Crippen molar-refractivity contribution in [3.63, 3.8) is 0 Å². The van der Waals surface area contributed by atoms with E-state index in [1.807, 2.05) is 24.3 Å². The summed E-state index contributed by atoms with van der Waals surface area (Å²) >= 11 is 4.86. The quantitative estimate of drug-likeness (QED) is 0.824. The lowest BCUT2D eigenvalue weighted by molar-refractivity contribution is 0.879. The molecule has 3 N–H and O–H groups in total.